The summed E-state index contributed by atoms with van der Waals surface area (Å²) in [5.74, 6) is 0.728. The molecule has 2 aromatic carbocycles. The topological polar surface area (TPSA) is 75.1 Å². The largest absolute Gasteiger partial charge is 0.493 e. The molecule has 122 valence electrons. The van der Waals surface area contributed by atoms with Gasteiger partial charge in [-0.05, 0) is 30.0 Å². The molecule has 0 amide bonds. The predicted octanol–water partition coefficient (Wildman–Crippen LogP) is 4.87. The first kappa shape index (κ1) is 16.1. The van der Waals surface area contributed by atoms with Crippen LogP contribution in [0.25, 0.3) is 10.4 Å². The first-order valence-electron chi connectivity index (χ1n) is 8.16. The first-order chi connectivity index (χ1) is 11.8. The van der Waals surface area contributed by atoms with Gasteiger partial charge >= 0.3 is 0 Å². The molecule has 0 aromatic heterocycles. The number of para-hydroxylation sites is 1. The number of carbonyl (C=O) groups is 1. The van der Waals surface area contributed by atoms with E-state index in [2.05, 4.69) is 10.0 Å². The summed E-state index contributed by atoms with van der Waals surface area (Å²) in [5, 5.41) is 3.78. The fraction of sp³-hybridized carbons (Fsp3) is 0.316. The first-order valence-corrected chi connectivity index (χ1v) is 8.16. The maximum absolute atomic E-state index is 12.6. The minimum absolute atomic E-state index is 0.135. The van der Waals surface area contributed by atoms with Crippen LogP contribution in [-0.2, 0) is 0 Å². The summed E-state index contributed by atoms with van der Waals surface area (Å²) in [7, 11) is 0. The summed E-state index contributed by atoms with van der Waals surface area (Å²) < 4.78 is 5.93. The van der Waals surface area contributed by atoms with Crippen LogP contribution < -0.4 is 4.74 Å². The van der Waals surface area contributed by atoms with Gasteiger partial charge in [-0.2, -0.15) is 0 Å². The number of rotatable bonds is 2. The van der Waals surface area contributed by atoms with Gasteiger partial charge < -0.3 is 4.74 Å². The highest BCUT2D eigenvalue weighted by Gasteiger charge is 2.23. The van der Waals surface area contributed by atoms with E-state index in [1.165, 1.54) is 0 Å². The van der Waals surface area contributed by atoms with Crippen LogP contribution >= 0.6 is 0 Å². The Balaban J connectivity index is 2.17. The summed E-state index contributed by atoms with van der Waals surface area (Å²) in [6.07, 6.45) is 2.14. The van der Waals surface area contributed by atoms with Crippen LogP contribution in [0, 0.1) is 0 Å². The standard InChI is InChI=1S/C19H19N3O2/c20-22-21-13-17-14-7-1-2-8-15(14)18(23)10-5-6-12-24-19-11-4-3-9-16(17)19/h1-4,7-9,11,17H,5-6,10,12-13H2. The number of hydrogen-bond acceptors (Lipinski definition) is 3. The second-order valence-electron chi connectivity index (χ2n) is 5.82. The average molecular weight is 321 g/mol. The van der Waals surface area contributed by atoms with Crippen molar-refractivity contribution in [2.24, 2.45) is 5.11 Å². The Bertz CT molecular complexity index is 782. The third-order valence-electron chi connectivity index (χ3n) is 4.31. The van der Waals surface area contributed by atoms with E-state index in [1.54, 1.807) is 0 Å². The van der Waals surface area contributed by atoms with E-state index in [0.29, 0.717) is 18.6 Å². The molecule has 5 nitrogen and oxygen atoms in total. The molecule has 1 heterocycles. The highest BCUT2D eigenvalue weighted by molar-refractivity contribution is 5.97. The lowest BCUT2D eigenvalue weighted by atomic mass is 9.86. The molecule has 2 aromatic rings. The minimum atomic E-state index is -0.199. The molecule has 0 bridgehead atoms. The second-order valence-corrected chi connectivity index (χ2v) is 5.82. The van der Waals surface area contributed by atoms with Crippen LogP contribution in [0.1, 0.15) is 46.7 Å². The molecular formula is C19H19N3O2. The summed E-state index contributed by atoms with van der Waals surface area (Å²) >= 11 is 0. The van der Waals surface area contributed by atoms with Gasteiger partial charge in [-0.15, -0.1) is 0 Å². The van der Waals surface area contributed by atoms with Crippen LogP contribution in [0.4, 0.5) is 0 Å². The highest BCUT2D eigenvalue weighted by atomic mass is 16.5. The van der Waals surface area contributed by atoms with Gasteiger partial charge in [0.25, 0.3) is 0 Å². The Kier molecular flexibility index (Phi) is 5.14. The second kappa shape index (κ2) is 7.66. The van der Waals surface area contributed by atoms with E-state index in [9.17, 15) is 4.79 Å². The zero-order valence-corrected chi connectivity index (χ0v) is 13.4. The van der Waals surface area contributed by atoms with Gasteiger partial charge in [-0.25, -0.2) is 0 Å². The van der Waals surface area contributed by atoms with Gasteiger partial charge in [-0.1, -0.05) is 47.6 Å². The van der Waals surface area contributed by atoms with Crippen LogP contribution in [0.2, 0.25) is 0 Å². The number of azide groups is 1. The molecule has 0 aliphatic carbocycles. The zero-order chi connectivity index (χ0) is 16.8. The molecular weight excluding hydrogens is 302 g/mol. The van der Waals surface area contributed by atoms with Gasteiger partial charge in [0.2, 0.25) is 0 Å². The molecule has 1 unspecified atom stereocenters. The number of carbonyl (C=O) groups excluding carboxylic acids is 1. The van der Waals surface area contributed by atoms with Crippen LogP contribution in [0.3, 0.4) is 0 Å². The molecule has 0 radical (unpaired) electrons. The van der Waals surface area contributed by atoms with Gasteiger partial charge in [0.15, 0.2) is 5.78 Å². The van der Waals surface area contributed by atoms with E-state index in [0.717, 1.165) is 29.7 Å². The molecule has 3 rings (SSSR count). The van der Waals surface area contributed by atoms with Crippen LogP contribution in [0.5, 0.6) is 5.75 Å². The zero-order valence-electron chi connectivity index (χ0n) is 13.4. The van der Waals surface area contributed by atoms with Crippen molar-refractivity contribution < 1.29 is 9.53 Å². The minimum Gasteiger partial charge on any atom is -0.493 e. The Morgan fingerprint density at radius 2 is 1.83 bits per heavy atom. The summed E-state index contributed by atoms with van der Waals surface area (Å²) in [4.78, 5) is 15.5. The molecule has 1 atom stereocenters. The fourth-order valence-electron chi connectivity index (χ4n) is 3.14. The van der Waals surface area contributed by atoms with Gasteiger partial charge in [0, 0.05) is 34.9 Å². The Morgan fingerprint density at radius 1 is 1.08 bits per heavy atom. The molecule has 5 heteroatoms. The molecule has 1 aliphatic heterocycles. The maximum Gasteiger partial charge on any atom is 0.163 e. The number of nitrogens with zero attached hydrogens (tertiary/aromatic N) is 3. The van der Waals surface area contributed by atoms with Crippen molar-refractivity contribution in [3.05, 3.63) is 75.7 Å². The van der Waals surface area contributed by atoms with E-state index in [4.69, 9.17) is 10.3 Å². The summed E-state index contributed by atoms with van der Waals surface area (Å²) in [6.45, 7) is 0.829. The van der Waals surface area contributed by atoms with Crippen LogP contribution in [-0.4, -0.2) is 18.9 Å². The average Bonchev–Trinajstić information content (AvgIpc) is 2.64. The van der Waals surface area contributed by atoms with E-state index in [-0.39, 0.29) is 18.2 Å². The summed E-state index contributed by atoms with van der Waals surface area (Å²) in [6, 6.07) is 15.4. The Morgan fingerprint density at radius 3 is 2.67 bits per heavy atom. The molecule has 0 N–H and O–H groups in total. The molecule has 24 heavy (non-hydrogen) atoms. The molecule has 0 fully saturated rings. The molecule has 0 saturated heterocycles. The number of benzene rings is 2. The quantitative estimate of drug-likeness (QED) is 0.449. The predicted molar refractivity (Wildman–Crippen MR) is 92.4 cm³/mol. The van der Waals surface area contributed by atoms with E-state index >= 15 is 0 Å². The Hall–Kier alpha value is -2.78. The van der Waals surface area contributed by atoms with Crippen molar-refractivity contribution in [2.45, 2.75) is 25.2 Å². The van der Waals surface area contributed by atoms with Crippen molar-refractivity contribution in [2.75, 3.05) is 13.2 Å². The Labute approximate surface area is 140 Å². The van der Waals surface area contributed by atoms with Crippen molar-refractivity contribution in [3.63, 3.8) is 0 Å². The summed E-state index contributed by atoms with van der Waals surface area (Å²) in [5.41, 5.74) is 11.3. The maximum atomic E-state index is 12.6. The lowest BCUT2D eigenvalue weighted by Gasteiger charge is -2.21. The number of ether oxygens (including phenoxy) is 1. The van der Waals surface area contributed by atoms with Crippen molar-refractivity contribution >= 4 is 5.78 Å². The molecule has 0 spiro atoms. The molecule has 0 saturated carbocycles. The van der Waals surface area contributed by atoms with Crippen molar-refractivity contribution in [3.8, 4) is 5.75 Å². The molecule has 1 aliphatic rings. The van der Waals surface area contributed by atoms with E-state index < -0.39 is 0 Å². The third kappa shape index (κ3) is 3.42. The van der Waals surface area contributed by atoms with Gasteiger partial charge in [0.05, 0.1) is 6.61 Å². The number of ketones is 1. The monoisotopic (exact) mass is 321 g/mol. The smallest absolute Gasteiger partial charge is 0.163 e. The number of fused-ring (bicyclic) bond motifs is 2. The van der Waals surface area contributed by atoms with Crippen molar-refractivity contribution in [1.82, 2.24) is 0 Å². The fourth-order valence-corrected chi connectivity index (χ4v) is 3.14. The third-order valence-corrected chi connectivity index (χ3v) is 4.31. The lowest BCUT2D eigenvalue weighted by molar-refractivity contribution is 0.0977. The highest BCUT2D eigenvalue weighted by Crippen LogP contribution is 2.35. The van der Waals surface area contributed by atoms with Gasteiger partial charge in [0.1, 0.15) is 5.75 Å². The van der Waals surface area contributed by atoms with E-state index in [1.807, 2.05) is 48.5 Å². The SMILES string of the molecule is [N-]=[N+]=NCC1c2ccccc2OCCCCC(=O)c2ccccc21. The number of Topliss-reactive ketones (excluding diaryl/α,β-unsaturated/α-hetero) is 1. The normalized spacial score (nSPS) is 17.5. The van der Waals surface area contributed by atoms with Crippen molar-refractivity contribution in [1.29, 1.82) is 0 Å². The number of hydrogen-bond donors (Lipinski definition) is 0. The van der Waals surface area contributed by atoms with Gasteiger partial charge in [-0.3, -0.25) is 4.79 Å². The lowest BCUT2D eigenvalue weighted by Crippen LogP contribution is -2.12. The van der Waals surface area contributed by atoms with Crippen LogP contribution in [0.15, 0.2) is 53.6 Å².